The zero-order valence-corrected chi connectivity index (χ0v) is 10.7. The van der Waals surface area contributed by atoms with Crippen LogP contribution in [0.25, 0.3) is 0 Å². The van der Waals surface area contributed by atoms with Crippen molar-refractivity contribution in [3.63, 3.8) is 0 Å². The van der Waals surface area contributed by atoms with E-state index in [4.69, 9.17) is 0 Å². The Morgan fingerprint density at radius 3 is 2.50 bits per heavy atom. The Hall–Kier alpha value is -1.28. The summed E-state index contributed by atoms with van der Waals surface area (Å²) in [5.74, 6) is 0. The van der Waals surface area contributed by atoms with E-state index in [1.807, 2.05) is 18.2 Å². The van der Waals surface area contributed by atoms with E-state index in [1.165, 1.54) is 11.4 Å². The van der Waals surface area contributed by atoms with Crippen LogP contribution in [0, 0.1) is 6.07 Å². The first kappa shape index (κ1) is 11.2. The van der Waals surface area contributed by atoms with Crippen LogP contribution >= 0.6 is 15.9 Å². The largest absolute Gasteiger partial charge is 0.342 e. The van der Waals surface area contributed by atoms with E-state index in [0.717, 1.165) is 11.0 Å². The molecule has 0 aliphatic rings. The van der Waals surface area contributed by atoms with Gasteiger partial charge in [-0.3, -0.25) is 0 Å². The molecule has 2 rings (SSSR count). The summed E-state index contributed by atoms with van der Waals surface area (Å²) >= 11 is 3.50. The first-order chi connectivity index (χ1) is 7.81. The van der Waals surface area contributed by atoms with Gasteiger partial charge in [-0.15, -0.1) is 0 Å². The molecule has 2 heteroatoms. The third-order valence-corrected chi connectivity index (χ3v) is 2.94. The maximum atomic E-state index is 3.50. The van der Waals surface area contributed by atoms with Crippen molar-refractivity contribution in [2.75, 3.05) is 11.4 Å². The predicted octanol–water partition coefficient (Wildman–Crippen LogP) is 4.41. The third-order valence-electron chi connectivity index (χ3n) is 2.45. The second-order valence-corrected chi connectivity index (χ2v) is 4.40. The molecule has 0 bridgehead atoms. The van der Waals surface area contributed by atoms with Gasteiger partial charge >= 0.3 is 0 Å². The van der Waals surface area contributed by atoms with Crippen molar-refractivity contribution in [3.05, 3.63) is 59.1 Å². The highest BCUT2D eigenvalue weighted by molar-refractivity contribution is 9.10. The van der Waals surface area contributed by atoms with Gasteiger partial charge in [0.15, 0.2) is 0 Å². The summed E-state index contributed by atoms with van der Waals surface area (Å²) in [5.41, 5.74) is 2.39. The van der Waals surface area contributed by atoms with Gasteiger partial charge in [0.2, 0.25) is 0 Å². The molecule has 0 aliphatic heterocycles. The van der Waals surface area contributed by atoms with Crippen LogP contribution < -0.4 is 4.90 Å². The molecule has 0 atom stereocenters. The van der Waals surface area contributed by atoms with Gasteiger partial charge in [-0.05, 0) is 43.3 Å². The zero-order valence-electron chi connectivity index (χ0n) is 9.15. The molecule has 1 nitrogen and oxygen atoms in total. The number of rotatable bonds is 3. The molecule has 0 aromatic heterocycles. The molecular weight excluding hydrogens is 262 g/mol. The van der Waals surface area contributed by atoms with E-state index < -0.39 is 0 Å². The summed E-state index contributed by atoms with van der Waals surface area (Å²) in [5, 5.41) is 0. The Bertz CT molecular complexity index is 453. The second-order valence-electron chi connectivity index (χ2n) is 3.48. The number of halogens is 1. The predicted molar refractivity (Wildman–Crippen MR) is 72.1 cm³/mol. The first-order valence-electron chi connectivity index (χ1n) is 5.30. The number of hydrogen-bond donors (Lipinski definition) is 0. The Labute approximate surface area is 105 Å². The minimum atomic E-state index is 0.945. The molecule has 2 aromatic rings. The number of benzene rings is 2. The van der Waals surface area contributed by atoms with Gasteiger partial charge in [0.05, 0.1) is 0 Å². The summed E-state index contributed by atoms with van der Waals surface area (Å²) in [6.45, 7) is 3.10. The molecule has 0 aliphatic carbocycles. The van der Waals surface area contributed by atoms with Crippen LogP contribution in [0.1, 0.15) is 6.92 Å². The fourth-order valence-corrected chi connectivity index (χ4v) is 2.10. The smallest absolute Gasteiger partial charge is 0.0421 e. The average molecular weight is 275 g/mol. The topological polar surface area (TPSA) is 3.24 Å². The third kappa shape index (κ3) is 2.45. The van der Waals surface area contributed by atoms with E-state index in [-0.39, 0.29) is 0 Å². The summed E-state index contributed by atoms with van der Waals surface area (Å²) < 4.78 is 1.10. The van der Waals surface area contributed by atoms with Crippen LogP contribution in [0.2, 0.25) is 0 Å². The van der Waals surface area contributed by atoms with Gasteiger partial charge in [0, 0.05) is 22.4 Å². The zero-order chi connectivity index (χ0) is 11.4. The molecule has 2 aromatic carbocycles. The van der Waals surface area contributed by atoms with Crippen LogP contribution in [0.3, 0.4) is 0 Å². The van der Waals surface area contributed by atoms with Crippen molar-refractivity contribution in [2.45, 2.75) is 6.92 Å². The van der Waals surface area contributed by atoms with Crippen molar-refractivity contribution in [1.29, 1.82) is 0 Å². The summed E-state index contributed by atoms with van der Waals surface area (Å²) in [6, 6.07) is 19.4. The molecule has 0 spiro atoms. The molecule has 0 amide bonds. The normalized spacial score (nSPS) is 10.1. The minimum absolute atomic E-state index is 0.945. The van der Waals surface area contributed by atoms with Gasteiger partial charge in [-0.2, -0.15) is 0 Å². The van der Waals surface area contributed by atoms with Crippen molar-refractivity contribution in [3.8, 4) is 0 Å². The number of hydrogen-bond acceptors (Lipinski definition) is 1. The molecule has 16 heavy (non-hydrogen) atoms. The lowest BCUT2D eigenvalue weighted by Crippen LogP contribution is -2.15. The van der Waals surface area contributed by atoms with Gasteiger partial charge in [0.1, 0.15) is 0 Å². The fourth-order valence-electron chi connectivity index (χ4n) is 1.72. The Morgan fingerprint density at radius 1 is 1.12 bits per heavy atom. The van der Waals surface area contributed by atoms with Gasteiger partial charge in [-0.1, -0.05) is 34.1 Å². The van der Waals surface area contributed by atoms with Gasteiger partial charge in [-0.25, -0.2) is 0 Å². The van der Waals surface area contributed by atoms with Gasteiger partial charge < -0.3 is 4.90 Å². The van der Waals surface area contributed by atoms with E-state index in [2.05, 4.69) is 64.2 Å². The van der Waals surface area contributed by atoms with Crippen molar-refractivity contribution in [2.24, 2.45) is 0 Å². The van der Waals surface area contributed by atoms with Gasteiger partial charge in [0.25, 0.3) is 0 Å². The molecule has 0 N–H and O–H groups in total. The van der Waals surface area contributed by atoms with Crippen LogP contribution in [-0.4, -0.2) is 6.54 Å². The van der Waals surface area contributed by atoms with Crippen molar-refractivity contribution in [1.82, 2.24) is 0 Å². The van der Waals surface area contributed by atoms with E-state index in [1.54, 1.807) is 0 Å². The monoisotopic (exact) mass is 274 g/mol. The molecule has 0 heterocycles. The fraction of sp³-hybridized carbons (Fsp3) is 0.143. The molecule has 0 saturated heterocycles. The van der Waals surface area contributed by atoms with E-state index in [9.17, 15) is 0 Å². The number of nitrogens with zero attached hydrogens (tertiary/aromatic N) is 1. The average Bonchev–Trinajstić information content (AvgIpc) is 2.31. The molecular formula is C14H13BrN. The molecule has 81 valence electrons. The highest BCUT2D eigenvalue weighted by atomic mass is 79.9. The highest BCUT2D eigenvalue weighted by Gasteiger charge is 2.06. The second kappa shape index (κ2) is 5.17. The van der Waals surface area contributed by atoms with Crippen LogP contribution in [-0.2, 0) is 0 Å². The SMILES string of the molecule is CCN(c1cc[c]cc1)c1cccc(Br)c1. The Kier molecular flexibility index (Phi) is 3.62. The first-order valence-corrected chi connectivity index (χ1v) is 6.10. The van der Waals surface area contributed by atoms with Crippen molar-refractivity contribution >= 4 is 27.3 Å². The highest BCUT2D eigenvalue weighted by Crippen LogP contribution is 2.26. The molecule has 0 unspecified atom stereocenters. The van der Waals surface area contributed by atoms with Crippen LogP contribution in [0.4, 0.5) is 11.4 Å². The molecule has 0 saturated carbocycles. The lowest BCUT2D eigenvalue weighted by molar-refractivity contribution is 1.02. The van der Waals surface area contributed by atoms with Crippen LogP contribution in [0.15, 0.2) is 53.0 Å². The Balaban J connectivity index is 2.37. The summed E-state index contributed by atoms with van der Waals surface area (Å²) in [6.07, 6.45) is 0. The summed E-state index contributed by atoms with van der Waals surface area (Å²) in [7, 11) is 0. The molecule has 0 fully saturated rings. The minimum Gasteiger partial charge on any atom is -0.342 e. The lowest BCUT2D eigenvalue weighted by atomic mass is 10.2. The quantitative estimate of drug-likeness (QED) is 0.802. The summed E-state index contributed by atoms with van der Waals surface area (Å²) in [4.78, 5) is 2.26. The standard InChI is InChI=1S/C14H13BrN/c1-2-16(13-8-4-3-5-9-13)14-10-6-7-12(15)11-14/h4-11H,2H2,1H3. The van der Waals surface area contributed by atoms with E-state index in [0.29, 0.717) is 0 Å². The van der Waals surface area contributed by atoms with E-state index >= 15 is 0 Å². The van der Waals surface area contributed by atoms with Crippen LogP contribution in [0.5, 0.6) is 0 Å². The maximum absolute atomic E-state index is 3.50. The molecule has 1 radical (unpaired) electrons. The lowest BCUT2D eigenvalue weighted by Gasteiger charge is -2.23. The number of anilines is 2. The maximum Gasteiger partial charge on any atom is 0.0421 e. The Morgan fingerprint density at radius 2 is 1.88 bits per heavy atom. The van der Waals surface area contributed by atoms with Crippen molar-refractivity contribution < 1.29 is 0 Å².